The first-order chi connectivity index (χ1) is 15.8. The maximum atomic E-state index is 13.9. The molecule has 3 heterocycles. The van der Waals surface area contributed by atoms with Gasteiger partial charge in [0.2, 0.25) is 0 Å². The number of amides is 2. The summed E-state index contributed by atoms with van der Waals surface area (Å²) in [6, 6.07) is 3.46. The van der Waals surface area contributed by atoms with Crippen molar-refractivity contribution in [2.45, 2.75) is 57.1 Å². The summed E-state index contributed by atoms with van der Waals surface area (Å²) in [6.07, 6.45) is 2.52. The molecule has 33 heavy (non-hydrogen) atoms. The lowest BCUT2D eigenvalue weighted by Gasteiger charge is -2.53. The lowest BCUT2D eigenvalue weighted by atomic mass is 9.96. The maximum absolute atomic E-state index is 13.9. The standard InChI is InChI=1S/C23H26F2N4O4/c1-12-6-7-28(15-4-5-15)18-11-27-10-16(20(30)21(31)19(27)23(33)29(12)18)22(32)26-9-13-2-3-14(24)8-17(13)25/h2-3,8,10,12,15,18,20,30-31H,4-7,9,11H2,1H3,(H,26,32)/t12-,18?,20?/m0/s1. The van der Waals surface area contributed by atoms with Crippen molar-refractivity contribution in [3.8, 4) is 0 Å². The van der Waals surface area contributed by atoms with Crippen LogP contribution in [0.25, 0.3) is 0 Å². The number of fused-ring (bicyclic) bond motifs is 2. The molecule has 5 rings (SSSR count). The summed E-state index contributed by atoms with van der Waals surface area (Å²) in [5.74, 6) is -3.19. The quantitative estimate of drug-likeness (QED) is 0.628. The number of piperazine rings is 1. The van der Waals surface area contributed by atoms with Gasteiger partial charge in [-0.1, -0.05) is 6.07 Å². The van der Waals surface area contributed by atoms with Crippen LogP contribution in [0.5, 0.6) is 0 Å². The van der Waals surface area contributed by atoms with Gasteiger partial charge in [-0.05, 0) is 32.3 Å². The summed E-state index contributed by atoms with van der Waals surface area (Å²) >= 11 is 0. The van der Waals surface area contributed by atoms with E-state index >= 15 is 0 Å². The molecule has 0 radical (unpaired) electrons. The fourth-order valence-corrected chi connectivity index (χ4v) is 4.97. The second-order valence-electron chi connectivity index (χ2n) is 9.09. The maximum Gasteiger partial charge on any atom is 0.275 e. The highest BCUT2D eigenvalue weighted by molar-refractivity contribution is 5.99. The lowest BCUT2D eigenvalue weighted by molar-refractivity contribution is -0.150. The molecule has 3 atom stereocenters. The number of nitrogens with zero attached hydrogens (tertiary/aromatic N) is 3. The molecule has 8 nitrogen and oxygen atoms in total. The van der Waals surface area contributed by atoms with Crippen molar-refractivity contribution in [1.82, 2.24) is 20.0 Å². The van der Waals surface area contributed by atoms with Crippen molar-refractivity contribution in [1.29, 1.82) is 0 Å². The van der Waals surface area contributed by atoms with Gasteiger partial charge in [-0.25, -0.2) is 8.78 Å². The number of rotatable bonds is 4. The summed E-state index contributed by atoms with van der Waals surface area (Å²) in [4.78, 5) is 31.7. The lowest BCUT2D eigenvalue weighted by Crippen LogP contribution is -2.67. The highest BCUT2D eigenvalue weighted by Gasteiger charge is 2.50. The molecule has 3 aliphatic heterocycles. The van der Waals surface area contributed by atoms with E-state index in [-0.39, 0.29) is 41.5 Å². The van der Waals surface area contributed by atoms with Gasteiger partial charge >= 0.3 is 0 Å². The monoisotopic (exact) mass is 460 g/mol. The predicted octanol–water partition coefficient (Wildman–Crippen LogP) is 1.34. The average molecular weight is 460 g/mol. The molecule has 1 aromatic rings. The van der Waals surface area contributed by atoms with Crippen LogP contribution in [0, 0.1) is 11.6 Å². The zero-order chi connectivity index (χ0) is 23.4. The normalized spacial score (nSPS) is 27.8. The number of aliphatic hydroxyl groups excluding tert-OH is 2. The van der Waals surface area contributed by atoms with E-state index in [1.807, 2.05) is 6.92 Å². The Morgan fingerprint density at radius 3 is 2.70 bits per heavy atom. The van der Waals surface area contributed by atoms with E-state index < -0.39 is 29.4 Å². The number of carbonyl (C=O) groups excluding carboxylic acids is 2. The Bertz CT molecular complexity index is 1070. The Morgan fingerprint density at radius 1 is 1.24 bits per heavy atom. The van der Waals surface area contributed by atoms with Gasteiger partial charge in [-0.3, -0.25) is 14.5 Å². The Hall–Kier alpha value is -2.98. The Kier molecular flexibility index (Phi) is 5.37. The highest BCUT2D eigenvalue weighted by Crippen LogP contribution is 2.39. The van der Waals surface area contributed by atoms with Gasteiger partial charge in [0.1, 0.15) is 29.6 Å². The Labute approximate surface area is 189 Å². The molecule has 3 N–H and O–H groups in total. The van der Waals surface area contributed by atoms with Crippen molar-refractivity contribution < 1.29 is 28.6 Å². The molecule has 1 saturated carbocycles. The Balaban J connectivity index is 1.38. The van der Waals surface area contributed by atoms with E-state index in [0.29, 0.717) is 12.6 Å². The molecule has 0 aromatic heterocycles. The first kappa shape index (κ1) is 21.8. The summed E-state index contributed by atoms with van der Waals surface area (Å²) < 4.78 is 27.0. The van der Waals surface area contributed by atoms with Gasteiger partial charge in [-0.15, -0.1) is 0 Å². The summed E-state index contributed by atoms with van der Waals surface area (Å²) in [5.41, 5.74) is -0.0950. The van der Waals surface area contributed by atoms with Crippen molar-refractivity contribution >= 4 is 11.8 Å². The van der Waals surface area contributed by atoms with Gasteiger partial charge in [0.15, 0.2) is 5.76 Å². The second kappa shape index (κ2) is 8.11. The van der Waals surface area contributed by atoms with Crippen LogP contribution >= 0.6 is 0 Å². The van der Waals surface area contributed by atoms with Crippen molar-refractivity contribution in [2.24, 2.45) is 0 Å². The summed E-state index contributed by atoms with van der Waals surface area (Å²) in [5, 5.41) is 23.8. The summed E-state index contributed by atoms with van der Waals surface area (Å²) in [7, 11) is 0. The van der Waals surface area contributed by atoms with Crippen LogP contribution in [-0.4, -0.2) is 74.2 Å². The molecule has 2 unspecified atom stereocenters. The summed E-state index contributed by atoms with van der Waals surface area (Å²) in [6.45, 7) is 2.99. The molecule has 1 aliphatic carbocycles. The van der Waals surface area contributed by atoms with Gasteiger partial charge < -0.3 is 25.3 Å². The van der Waals surface area contributed by atoms with Crippen LogP contribution in [0.3, 0.4) is 0 Å². The molecule has 1 aromatic carbocycles. The SMILES string of the molecule is C[C@H]1CCN(C2CC2)C2CN3C=C(C(=O)NCc4ccc(F)cc4F)C(O)C(O)=C3C(=O)N21. The third-order valence-corrected chi connectivity index (χ3v) is 6.89. The van der Waals surface area contributed by atoms with Crippen molar-refractivity contribution in [3.63, 3.8) is 0 Å². The number of benzene rings is 1. The van der Waals surface area contributed by atoms with Crippen molar-refractivity contribution in [2.75, 3.05) is 13.1 Å². The zero-order valence-corrected chi connectivity index (χ0v) is 18.2. The van der Waals surface area contributed by atoms with Gasteiger partial charge in [0, 0.05) is 43.0 Å². The van der Waals surface area contributed by atoms with Crippen LogP contribution in [-0.2, 0) is 16.1 Å². The fraction of sp³-hybridized carbons (Fsp3) is 0.478. The largest absolute Gasteiger partial charge is 0.507 e. The molecule has 4 aliphatic rings. The van der Waals surface area contributed by atoms with Crippen LogP contribution < -0.4 is 5.32 Å². The number of aliphatic hydroxyl groups is 2. The first-order valence-corrected chi connectivity index (χ1v) is 11.2. The number of hydrogen-bond acceptors (Lipinski definition) is 6. The second-order valence-corrected chi connectivity index (χ2v) is 9.09. The fourth-order valence-electron chi connectivity index (χ4n) is 4.97. The molecule has 2 saturated heterocycles. The molecular weight excluding hydrogens is 434 g/mol. The molecule has 2 amide bonds. The topological polar surface area (TPSA) is 96.4 Å². The predicted molar refractivity (Wildman–Crippen MR) is 113 cm³/mol. The molecule has 176 valence electrons. The molecule has 0 bridgehead atoms. The van der Waals surface area contributed by atoms with Gasteiger partial charge in [-0.2, -0.15) is 0 Å². The third kappa shape index (κ3) is 3.76. The van der Waals surface area contributed by atoms with Crippen LogP contribution in [0.2, 0.25) is 0 Å². The average Bonchev–Trinajstić information content (AvgIpc) is 3.60. The third-order valence-electron chi connectivity index (χ3n) is 6.89. The number of halogens is 2. The molecular formula is C23H26F2N4O4. The number of nitrogens with one attached hydrogen (secondary N) is 1. The van der Waals surface area contributed by atoms with E-state index in [1.165, 1.54) is 17.2 Å². The highest BCUT2D eigenvalue weighted by atomic mass is 19.1. The van der Waals surface area contributed by atoms with E-state index in [9.17, 15) is 28.6 Å². The molecule has 10 heteroatoms. The van der Waals surface area contributed by atoms with Crippen molar-refractivity contribution in [3.05, 3.63) is 58.6 Å². The van der Waals surface area contributed by atoms with Gasteiger partial charge in [0.25, 0.3) is 11.8 Å². The van der Waals surface area contributed by atoms with Gasteiger partial charge in [0.05, 0.1) is 12.1 Å². The zero-order valence-electron chi connectivity index (χ0n) is 18.2. The van der Waals surface area contributed by atoms with Crippen LogP contribution in [0.1, 0.15) is 31.7 Å². The van der Waals surface area contributed by atoms with Crippen LogP contribution in [0.4, 0.5) is 8.78 Å². The number of hydrogen-bond donors (Lipinski definition) is 3. The smallest absolute Gasteiger partial charge is 0.275 e. The van der Waals surface area contributed by atoms with Crippen LogP contribution in [0.15, 0.2) is 41.4 Å². The van der Waals surface area contributed by atoms with E-state index in [2.05, 4.69) is 10.2 Å². The minimum absolute atomic E-state index is 0.00336. The molecule has 3 fully saturated rings. The first-order valence-electron chi connectivity index (χ1n) is 11.2. The van der Waals surface area contributed by atoms with E-state index in [0.717, 1.165) is 37.9 Å². The minimum Gasteiger partial charge on any atom is -0.507 e. The van der Waals surface area contributed by atoms with E-state index in [4.69, 9.17) is 0 Å². The minimum atomic E-state index is -1.69. The number of carbonyl (C=O) groups is 2. The Morgan fingerprint density at radius 2 is 2.00 bits per heavy atom. The molecule has 0 spiro atoms. The van der Waals surface area contributed by atoms with E-state index in [1.54, 1.807) is 4.90 Å².